The van der Waals surface area contributed by atoms with E-state index in [9.17, 15) is 0 Å². The monoisotopic (exact) mass is 295 g/mol. The standard InChI is InChI=1S/C19H23N2O/c1-21(2,3)13-16-12-20-19-11-17(9-10-18(16)19)22-14-15-7-5-4-6-8-15/h4-12,20H,13-14H2,1-3H3/q+1. The fraction of sp³-hybridized carbons (Fsp3) is 0.263. The van der Waals surface area contributed by atoms with Crippen LogP contribution in [0.4, 0.5) is 0 Å². The topological polar surface area (TPSA) is 25.0 Å². The molecule has 0 amide bonds. The van der Waals surface area contributed by atoms with Crippen LogP contribution in [0.25, 0.3) is 10.9 Å². The third-order valence-electron chi connectivity index (χ3n) is 3.63. The summed E-state index contributed by atoms with van der Waals surface area (Å²) < 4.78 is 6.80. The summed E-state index contributed by atoms with van der Waals surface area (Å²) in [4.78, 5) is 3.36. The third-order valence-corrected chi connectivity index (χ3v) is 3.63. The van der Waals surface area contributed by atoms with Crippen molar-refractivity contribution in [3.8, 4) is 5.75 Å². The second-order valence-electron chi connectivity index (χ2n) is 6.74. The molecule has 0 atom stereocenters. The van der Waals surface area contributed by atoms with Crippen molar-refractivity contribution in [2.75, 3.05) is 21.1 Å². The van der Waals surface area contributed by atoms with Crippen molar-refractivity contribution in [1.82, 2.24) is 4.98 Å². The highest BCUT2D eigenvalue weighted by Crippen LogP contribution is 2.25. The van der Waals surface area contributed by atoms with Crippen LogP contribution < -0.4 is 4.74 Å². The molecule has 2 aromatic carbocycles. The first-order valence-corrected chi connectivity index (χ1v) is 7.58. The van der Waals surface area contributed by atoms with Gasteiger partial charge in [-0.05, 0) is 17.7 Å². The van der Waals surface area contributed by atoms with Gasteiger partial charge in [0.2, 0.25) is 0 Å². The lowest BCUT2D eigenvalue weighted by atomic mass is 10.1. The Bertz CT molecular complexity index is 754. The lowest BCUT2D eigenvalue weighted by Gasteiger charge is -2.23. The van der Waals surface area contributed by atoms with Crippen molar-refractivity contribution in [3.63, 3.8) is 0 Å². The van der Waals surface area contributed by atoms with Crippen molar-refractivity contribution in [3.05, 3.63) is 65.9 Å². The van der Waals surface area contributed by atoms with Crippen molar-refractivity contribution in [2.45, 2.75) is 13.2 Å². The van der Waals surface area contributed by atoms with E-state index in [2.05, 4.69) is 62.7 Å². The van der Waals surface area contributed by atoms with Gasteiger partial charge in [0.25, 0.3) is 0 Å². The molecule has 3 aromatic rings. The highest BCUT2D eigenvalue weighted by atomic mass is 16.5. The first-order valence-electron chi connectivity index (χ1n) is 7.58. The zero-order chi connectivity index (χ0) is 15.6. The molecular formula is C19H23N2O+. The van der Waals surface area contributed by atoms with Gasteiger partial charge in [0.05, 0.1) is 21.1 Å². The largest absolute Gasteiger partial charge is 0.489 e. The molecule has 0 radical (unpaired) electrons. The number of aromatic amines is 1. The number of aromatic nitrogens is 1. The normalized spacial score (nSPS) is 11.8. The lowest BCUT2D eigenvalue weighted by molar-refractivity contribution is -0.883. The van der Waals surface area contributed by atoms with E-state index in [1.807, 2.05) is 18.2 Å². The molecule has 0 saturated heterocycles. The fourth-order valence-electron chi connectivity index (χ4n) is 2.64. The van der Waals surface area contributed by atoms with E-state index in [1.165, 1.54) is 16.5 Å². The minimum absolute atomic E-state index is 0.596. The maximum atomic E-state index is 5.89. The number of quaternary nitrogens is 1. The summed E-state index contributed by atoms with van der Waals surface area (Å²) in [5, 5.41) is 1.28. The molecule has 114 valence electrons. The smallest absolute Gasteiger partial charge is 0.121 e. The molecule has 0 aliphatic carbocycles. The SMILES string of the molecule is C[N+](C)(C)Cc1c[nH]c2cc(OCc3ccccc3)ccc12. The number of ether oxygens (including phenoxy) is 1. The summed E-state index contributed by atoms with van der Waals surface area (Å²) in [6.45, 7) is 1.60. The summed E-state index contributed by atoms with van der Waals surface area (Å²) in [6, 6.07) is 16.5. The number of H-pyrrole nitrogens is 1. The molecular weight excluding hydrogens is 272 g/mol. The molecule has 0 bridgehead atoms. The van der Waals surface area contributed by atoms with E-state index in [-0.39, 0.29) is 0 Å². The van der Waals surface area contributed by atoms with E-state index >= 15 is 0 Å². The Balaban J connectivity index is 1.76. The number of hydrogen-bond donors (Lipinski definition) is 1. The van der Waals surface area contributed by atoms with Crippen molar-refractivity contribution < 1.29 is 9.22 Å². The lowest BCUT2D eigenvalue weighted by Crippen LogP contribution is -2.33. The molecule has 0 saturated carbocycles. The second kappa shape index (κ2) is 5.85. The molecule has 22 heavy (non-hydrogen) atoms. The number of hydrogen-bond acceptors (Lipinski definition) is 1. The van der Waals surface area contributed by atoms with Gasteiger partial charge in [-0.15, -0.1) is 0 Å². The van der Waals surface area contributed by atoms with Gasteiger partial charge < -0.3 is 14.2 Å². The third kappa shape index (κ3) is 3.49. The van der Waals surface area contributed by atoms with Crippen LogP contribution in [0.5, 0.6) is 5.75 Å². The fourth-order valence-corrected chi connectivity index (χ4v) is 2.64. The van der Waals surface area contributed by atoms with Crippen molar-refractivity contribution in [1.29, 1.82) is 0 Å². The molecule has 0 aliphatic heterocycles. The van der Waals surface area contributed by atoms with Crippen LogP contribution in [-0.4, -0.2) is 30.6 Å². The molecule has 1 aromatic heterocycles. The number of nitrogens with zero attached hydrogens (tertiary/aromatic N) is 1. The molecule has 0 unspecified atom stereocenters. The van der Waals surface area contributed by atoms with E-state index in [1.54, 1.807) is 0 Å². The van der Waals surface area contributed by atoms with E-state index in [4.69, 9.17) is 4.74 Å². The van der Waals surface area contributed by atoms with Crippen LogP contribution in [0.2, 0.25) is 0 Å². The number of benzene rings is 2. The second-order valence-corrected chi connectivity index (χ2v) is 6.74. The molecule has 3 rings (SSSR count). The van der Waals surface area contributed by atoms with Gasteiger partial charge in [-0.3, -0.25) is 0 Å². The van der Waals surface area contributed by atoms with Crippen LogP contribution in [0.15, 0.2) is 54.7 Å². The van der Waals surface area contributed by atoms with Gasteiger partial charge in [-0.2, -0.15) is 0 Å². The molecule has 0 fully saturated rings. The maximum Gasteiger partial charge on any atom is 0.121 e. The van der Waals surface area contributed by atoms with Crippen LogP contribution in [0, 0.1) is 0 Å². The summed E-state index contributed by atoms with van der Waals surface area (Å²) in [5.41, 5.74) is 3.66. The molecule has 1 heterocycles. The van der Waals surface area contributed by atoms with Crippen molar-refractivity contribution in [2.24, 2.45) is 0 Å². The molecule has 3 nitrogen and oxygen atoms in total. The van der Waals surface area contributed by atoms with Gasteiger partial charge in [0, 0.05) is 28.7 Å². The van der Waals surface area contributed by atoms with Crippen molar-refractivity contribution >= 4 is 10.9 Å². The van der Waals surface area contributed by atoms with Gasteiger partial charge in [-0.25, -0.2) is 0 Å². The number of fused-ring (bicyclic) bond motifs is 1. The zero-order valence-corrected chi connectivity index (χ0v) is 13.5. The Kier molecular flexibility index (Phi) is 3.90. The van der Waals surface area contributed by atoms with Gasteiger partial charge in [0.1, 0.15) is 18.9 Å². The van der Waals surface area contributed by atoms with E-state index < -0.39 is 0 Å². The average molecular weight is 295 g/mol. The minimum atomic E-state index is 0.596. The molecule has 1 N–H and O–H groups in total. The van der Waals surface area contributed by atoms with Crippen LogP contribution in [0.1, 0.15) is 11.1 Å². The first-order chi connectivity index (χ1) is 10.5. The minimum Gasteiger partial charge on any atom is -0.489 e. The van der Waals surface area contributed by atoms with Gasteiger partial charge >= 0.3 is 0 Å². The molecule has 0 spiro atoms. The molecule has 3 heteroatoms. The summed E-state index contributed by atoms with van der Waals surface area (Å²) in [5.74, 6) is 0.898. The Morgan fingerprint density at radius 2 is 1.77 bits per heavy atom. The van der Waals surface area contributed by atoms with Crippen LogP contribution in [0.3, 0.4) is 0 Å². The predicted octanol–water partition coefficient (Wildman–Crippen LogP) is 3.95. The summed E-state index contributed by atoms with van der Waals surface area (Å²) in [7, 11) is 6.61. The summed E-state index contributed by atoms with van der Waals surface area (Å²) in [6.07, 6.45) is 2.11. The average Bonchev–Trinajstić information content (AvgIpc) is 2.87. The highest BCUT2D eigenvalue weighted by Gasteiger charge is 2.13. The number of nitrogens with one attached hydrogen (secondary N) is 1. The zero-order valence-electron chi connectivity index (χ0n) is 13.5. The van der Waals surface area contributed by atoms with Gasteiger partial charge in [-0.1, -0.05) is 30.3 Å². The predicted molar refractivity (Wildman–Crippen MR) is 90.8 cm³/mol. The van der Waals surface area contributed by atoms with Crippen LogP contribution in [-0.2, 0) is 13.2 Å². The molecule has 0 aliphatic rings. The maximum absolute atomic E-state index is 5.89. The number of rotatable bonds is 5. The summed E-state index contributed by atoms with van der Waals surface area (Å²) >= 11 is 0. The van der Waals surface area contributed by atoms with E-state index in [0.717, 1.165) is 22.3 Å². The first kappa shape index (κ1) is 14.7. The van der Waals surface area contributed by atoms with Crippen LogP contribution >= 0.6 is 0 Å². The Hall–Kier alpha value is -2.26. The highest BCUT2D eigenvalue weighted by molar-refractivity contribution is 5.84. The Morgan fingerprint density at radius 1 is 1.00 bits per heavy atom. The quantitative estimate of drug-likeness (QED) is 0.708. The Morgan fingerprint density at radius 3 is 2.50 bits per heavy atom. The Labute approximate surface area is 131 Å². The van der Waals surface area contributed by atoms with Gasteiger partial charge in [0.15, 0.2) is 0 Å². The van der Waals surface area contributed by atoms with E-state index in [0.29, 0.717) is 6.61 Å².